The molecule has 5 heteroatoms. The zero-order valence-electron chi connectivity index (χ0n) is 13.4. The molecule has 1 atom stereocenters. The Hall–Kier alpha value is -1.62. The van der Waals surface area contributed by atoms with E-state index in [1.807, 2.05) is 16.8 Å². The van der Waals surface area contributed by atoms with Gasteiger partial charge in [0.15, 0.2) is 0 Å². The van der Waals surface area contributed by atoms with E-state index in [1.54, 1.807) is 11.3 Å². The summed E-state index contributed by atoms with van der Waals surface area (Å²) in [6.45, 7) is 7.37. The number of carbonyl (C=O) groups is 1. The van der Waals surface area contributed by atoms with Crippen molar-refractivity contribution < 1.29 is 4.79 Å². The Morgan fingerprint density at radius 1 is 1.50 bits per heavy atom. The second-order valence-corrected chi connectivity index (χ2v) is 7.84. The number of fused-ring (bicyclic) bond motifs is 1. The molecule has 2 aromatic rings. The molecule has 0 spiro atoms. The lowest BCUT2D eigenvalue weighted by Gasteiger charge is -2.24. The molecule has 0 aliphatic carbocycles. The normalized spacial score (nSPS) is 18.0. The molecule has 0 fully saturated rings. The fourth-order valence-electron chi connectivity index (χ4n) is 2.78. The molecule has 0 saturated carbocycles. The molecule has 4 nitrogen and oxygen atoms in total. The first-order valence-electron chi connectivity index (χ1n) is 7.79. The maximum Gasteiger partial charge on any atom is 0.224 e. The molecule has 1 aliphatic heterocycles. The van der Waals surface area contributed by atoms with Gasteiger partial charge in [-0.05, 0) is 28.8 Å². The highest BCUT2D eigenvalue weighted by Crippen LogP contribution is 2.24. The minimum Gasteiger partial charge on any atom is -0.351 e. The van der Waals surface area contributed by atoms with Crippen molar-refractivity contribution in [1.82, 2.24) is 14.9 Å². The molecule has 3 rings (SSSR count). The van der Waals surface area contributed by atoms with Gasteiger partial charge in [-0.15, -0.1) is 0 Å². The summed E-state index contributed by atoms with van der Waals surface area (Å²) in [6, 6.07) is 2.22. The molecule has 0 saturated heterocycles. The predicted octanol–water partition coefficient (Wildman–Crippen LogP) is 2.92. The highest BCUT2D eigenvalue weighted by Gasteiger charge is 2.25. The smallest absolute Gasteiger partial charge is 0.224 e. The average Bonchev–Trinajstić information content (AvgIpc) is 3.06. The number of carbonyl (C=O) groups excluding carboxylic acids is 1. The standard InChI is InChI=1S/C17H23N3OS/c1-17(2,3)14-10-20-9-13(4-5-15(20)19-14)18-16(21)8-12-6-7-22-11-12/h6-7,10-11,13H,4-5,8-9H2,1-3H3,(H,18,21)/t13-/m0/s1. The van der Waals surface area contributed by atoms with Crippen molar-refractivity contribution in [3.63, 3.8) is 0 Å². The molecule has 0 bridgehead atoms. The number of nitrogens with zero attached hydrogens (tertiary/aromatic N) is 2. The predicted molar refractivity (Wildman–Crippen MR) is 89.2 cm³/mol. The average molecular weight is 317 g/mol. The van der Waals surface area contributed by atoms with Crippen molar-refractivity contribution in [1.29, 1.82) is 0 Å². The lowest BCUT2D eigenvalue weighted by atomic mass is 9.93. The number of hydrogen-bond acceptors (Lipinski definition) is 3. The summed E-state index contributed by atoms with van der Waals surface area (Å²) < 4.78 is 2.21. The van der Waals surface area contributed by atoms with Gasteiger partial charge < -0.3 is 9.88 Å². The number of thiophene rings is 1. The summed E-state index contributed by atoms with van der Waals surface area (Å²) in [5, 5.41) is 7.20. The van der Waals surface area contributed by atoms with Gasteiger partial charge in [-0.25, -0.2) is 4.98 Å². The third-order valence-corrected chi connectivity index (χ3v) is 4.80. The maximum absolute atomic E-state index is 12.1. The second-order valence-electron chi connectivity index (χ2n) is 7.06. The first kappa shape index (κ1) is 15.3. The van der Waals surface area contributed by atoms with E-state index in [1.165, 1.54) is 0 Å². The highest BCUT2D eigenvalue weighted by atomic mass is 32.1. The lowest BCUT2D eigenvalue weighted by Crippen LogP contribution is -2.41. The topological polar surface area (TPSA) is 46.9 Å². The molecular weight excluding hydrogens is 294 g/mol. The van der Waals surface area contributed by atoms with E-state index in [0.29, 0.717) is 6.42 Å². The van der Waals surface area contributed by atoms with Gasteiger partial charge in [0.1, 0.15) is 5.82 Å². The Labute approximate surface area is 135 Å². The Morgan fingerprint density at radius 3 is 3.00 bits per heavy atom. The monoisotopic (exact) mass is 317 g/mol. The third kappa shape index (κ3) is 3.40. The van der Waals surface area contributed by atoms with Gasteiger partial charge in [0, 0.05) is 30.6 Å². The number of imidazole rings is 1. The van der Waals surface area contributed by atoms with Crippen LogP contribution in [0.2, 0.25) is 0 Å². The molecule has 1 amide bonds. The fourth-order valence-corrected chi connectivity index (χ4v) is 3.45. The molecular formula is C17H23N3OS. The summed E-state index contributed by atoms with van der Waals surface area (Å²) in [5.41, 5.74) is 2.30. The number of nitrogens with one attached hydrogen (secondary N) is 1. The number of amides is 1. The Morgan fingerprint density at radius 2 is 2.32 bits per heavy atom. The summed E-state index contributed by atoms with van der Waals surface area (Å²) in [7, 11) is 0. The van der Waals surface area contributed by atoms with E-state index in [-0.39, 0.29) is 17.4 Å². The first-order chi connectivity index (χ1) is 10.4. The van der Waals surface area contributed by atoms with Crippen molar-refractivity contribution in [2.24, 2.45) is 0 Å². The second kappa shape index (κ2) is 5.88. The number of rotatable bonds is 3. The quantitative estimate of drug-likeness (QED) is 0.946. The largest absolute Gasteiger partial charge is 0.351 e. The minimum absolute atomic E-state index is 0.0715. The summed E-state index contributed by atoms with van der Waals surface area (Å²) in [4.78, 5) is 16.9. The summed E-state index contributed by atoms with van der Waals surface area (Å²) in [5.74, 6) is 1.26. The number of aromatic nitrogens is 2. The molecule has 3 heterocycles. The van der Waals surface area contributed by atoms with Crippen LogP contribution < -0.4 is 5.32 Å². The molecule has 1 aliphatic rings. The summed E-state index contributed by atoms with van der Waals surface area (Å²) in [6.07, 6.45) is 4.52. The van der Waals surface area contributed by atoms with E-state index >= 15 is 0 Å². The minimum atomic E-state index is 0.0715. The van der Waals surface area contributed by atoms with E-state index in [4.69, 9.17) is 4.98 Å². The van der Waals surface area contributed by atoms with Gasteiger partial charge in [0.25, 0.3) is 0 Å². The molecule has 0 radical (unpaired) electrons. The van der Waals surface area contributed by atoms with Crippen LogP contribution in [0.25, 0.3) is 0 Å². The fraction of sp³-hybridized carbons (Fsp3) is 0.529. The Balaban J connectivity index is 1.62. The molecule has 0 aromatic carbocycles. The van der Waals surface area contributed by atoms with Crippen LogP contribution >= 0.6 is 11.3 Å². The van der Waals surface area contributed by atoms with Gasteiger partial charge in [0.05, 0.1) is 12.1 Å². The van der Waals surface area contributed by atoms with Gasteiger partial charge in [-0.3, -0.25) is 4.79 Å². The Bertz CT molecular complexity index is 652. The maximum atomic E-state index is 12.1. The van der Waals surface area contributed by atoms with Gasteiger partial charge in [-0.2, -0.15) is 11.3 Å². The van der Waals surface area contributed by atoms with E-state index < -0.39 is 0 Å². The van der Waals surface area contributed by atoms with Crippen LogP contribution in [0, 0.1) is 0 Å². The van der Waals surface area contributed by atoms with Crippen molar-refractivity contribution in [2.45, 2.75) is 58.0 Å². The van der Waals surface area contributed by atoms with Crippen molar-refractivity contribution in [2.75, 3.05) is 0 Å². The van der Waals surface area contributed by atoms with Gasteiger partial charge in [-0.1, -0.05) is 20.8 Å². The van der Waals surface area contributed by atoms with E-state index in [2.05, 4.69) is 36.9 Å². The SMILES string of the molecule is CC(C)(C)c1cn2c(n1)CC[C@H](NC(=O)Cc1ccsc1)C2. The van der Waals surface area contributed by atoms with Crippen molar-refractivity contribution in [3.05, 3.63) is 40.1 Å². The third-order valence-electron chi connectivity index (χ3n) is 4.07. The van der Waals surface area contributed by atoms with Crippen LogP contribution in [0.15, 0.2) is 23.0 Å². The van der Waals surface area contributed by atoms with Crippen LogP contribution in [0.3, 0.4) is 0 Å². The molecule has 118 valence electrons. The van der Waals surface area contributed by atoms with Crippen LogP contribution in [0.5, 0.6) is 0 Å². The van der Waals surface area contributed by atoms with Crippen LogP contribution in [-0.4, -0.2) is 21.5 Å². The first-order valence-corrected chi connectivity index (χ1v) is 8.73. The van der Waals surface area contributed by atoms with Crippen LogP contribution in [0.1, 0.15) is 44.3 Å². The lowest BCUT2D eigenvalue weighted by molar-refractivity contribution is -0.121. The molecule has 22 heavy (non-hydrogen) atoms. The van der Waals surface area contributed by atoms with Gasteiger partial charge >= 0.3 is 0 Å². The van der Waals surface area contributed by atoms with E-state index in [0.717, 1.165) is 36.5 Å². The van der Waals surface area contributed by atoms with E-state index in [9.17, 15) is 4.79 Å². The highest BCUT2D eigenvalue weighted by molar-refractivity contribution is 7.07. The molecule has 0 unspecified atom stereocenters. The summed E-state index contributed by atoms with van der Waals surface area (Å²) >= 11 is 1.63. The van der Waals surface area contributed by atoms with Crippen molar-refractivity contribution >= 4 is 17.2 Å². The molecule has 2 aromatic heterocycles. The van der Waals surface area contributed by atoms with Crippen molar-refractivity contribution in [3.8, 4) is 0 Å². The molecule has 1 N–H and O–H groups in total. The van der Waals surface area contributed by atoms with Gasteiger partial charge in [0.2, 0.25) is 5.91 Å². The Kier molecular flexibility index (Phi) is 4.08. The van der Waals surface area contributed by atoms with Crippen LogP contribution in [0.4, 0.5) is 0 Å². The number of aryl methyl sites for hydroxylation is 1. The van der Waals surface area contributed by atoms with Crippen LogP contribution in [-0.2, 0) is 29.6 Å². The zero-order chi connectivity index (χ0) is 15.7. The zero-order valence-corrected chi connectivity index (χ0v) is 14.2. The number of hydrogen-bond donors (Lipinski definition) is 1.